The first-order valence-electron chi connectivity index (χ1n) is 8.62. The van der Waals surface area contributed by atoms with Gasteiger partial charge in [-0.25, -0.2) is 17.3 Å². The Hall–Kier alpha value is 0.250. The van der Waals surface area contributed by atoms with Gasteiger partial charge in [-0.05, 0) is 61.7 Å². The van der Waals surface area contributed by atoms with Gasteiger partial charge in [-0.2, -0.15) is 0 Å². The number of hydrogen-bond donors (Lipinski definition) is 2. The molecule has 8 nitrogen and oxygen atoms in total. The quantitative estimate of drug-likeness (QED) is 0.578. The largest absolute Gasteiger partial charge is 0.479 e. The van der Waals surface area contributed by atoms with Crippen LogP contribution in [0.1, 0.15) is 32.1 Å². The first-order valence-corrected chi connectivity index (χ1v) is 14.0. The molecule has 0 aliphatic heterocycles. The Balaban J connectivity index is 1.51. The van der Waals surface area contributed by atoms with Gasteiger partial charge in [0.2, 0.25) is 0 Å². The molecule has 0 aromatic carbocycles. The molecule has 25 heavy (non-hydrogen) atoms. The Morgan fingerprint density at radius 1 is 1.00 bits per heavy atom. The van der Waals surface area contributed by atoms with Crippen molar-refractivity contribution >= 4 is 25.3 Å². The topological polar surface area (TPSA) is 127 Å². The molecule has 0 aromatic heterocycles. The van der Waals surface area contributed by atoms with Gasteiger partial charge in [0.1, 0.15) is 0 Å². The lowest BCUT2D eigenvalue weighted by Crippen LogP contribution is -2.47. The van der Waals surface area contributed by atoms with E-state index in [-0.39, 0.29) is 11.7 Å². The average Bonchev–Trinajstić information content (AvgIpc) is 2.38. The van der Waals surface area contributed by atoms with Crippen LogP contribution in [0.25, 0.3) is 0 Å². The van der Waals surface area contributed by atoms with Crippen molar-refractivity contribution in [2.45, 2.75) is 32.1 Å². The number of phosphoric acid groups is 1. The molecule has 146 valence electrons. The van der Waals surface area contributed by atoms with Crippen LogP contribution in [0.5, 0.6) is 0 Å². The van der Waals surface area contributed by atoms with Crippen molar-refractivity contribution < 1.29 is 36.2 Å². The SMILES string of the molecule is CP(=O)(O)OP(=O)(O)OCCS(=O)(=O)CC1C2CC3CC(C2)CC1C3. The molecular weight excluding hydrogens is 390 g/mol. The molecule has 11 heteroatoms. The molecule has 4 fully saturated rings. The minimum absolute atomic E-state index is 0.0913. The van der Waals surface area contributed by atoms with Gasteiger partial charge in [-0.3, -0.25) is 9.09 Å². The second-order valence-electron chi connectivity index (χ2n) is 7.90. The summed E-state index contributed by atoms with van der Waals surface area (Å²) in [5, 5.41) is 0. The zero-order chi connectivity index (χ0) is 18.5. The average molecular weight is 416 g/mol. The van der Waals surface area contributed by atoms with Crippen LogP contribution < -0.4 is 0 Å². The van der Waals surface area contributed by atoms with E-state index >= 15 is 0 Å². The summed E-state index contributed by atoms with van der Waals surface area (Å²) in [5.41, 5.74) is 0. The standard InChI is InChI=1S/C14H26O8P2S/c1-23(15,16)22-24(17,18)21-2-3-25(19,20)9-14-12-5-10-4-11(7-12)8-13(14)6-10/h10-14H,2-9H2,1H3,(H,15,16)(H,17,18). The molecule has 2 unspecified atom stereocenters. The van der Waals surface area contributed by atoms with Crippen molar-refractivity contribution in [3.8, 4) is 0 Å². The van der Waals surface area contributed by atoms with Crippen LogP contribution in [0.3, 0.4) is 0 Å². The van der Waals surface area contributed by atoms with Gasteiger partial charge in [0, 0.05) is 6.66 Å². The third-order valence-electron chi connectivity index (χ3n) is 5.77. The fourth-order valence-corrected chi connectivity index (χ4v) is 8.98. The number of phosphoric ester groups is 1. The monoisotopic (exact) mass is 416 g/mol. The maximum Gasteiger partial charge on any atom is 0.479 e. The smallest absolute Gasteiger partial charge is 0.324 e. The summed E-state index contributed by atoms with van der Waals surface area (Å²) in [6.07, 6.45) is 5.83. The van der Waals surface area contributed by atoms with Crippen LogP contribution in [0.15, 0.2) is 0 Å². The molecule has 0 saturated heterocycles. The van der Waals surface area contributed by atoms with Crippen molar-refractivity contribution in [2.75, 3.05) is 24.8 Å². The molecule has 4 saturated carbocycles. The van der Waals surface area contributed by atoms with Gasteiger partial charge in [-0.15, -0.1) is 0 Å². The molecule has 0 radical (unpaired) electrons. The van der Waals surface area contributed by atoms with Crippen LogP contribution in [-0.2, 0) is 27.8 Å². The van der Waals surface area contributed by atoms with E-state index in [9.17, 15) is 22.4 Å². The molecule has 4 rings (SSSR count). The normalized spacial score (nSPS) is 39.1. The van der Waals surface area contributed by atoms with Crippen LogP contribution >= 0.6 is 15.4 Å². The van der Waals surface area contributed by atoms with Crippen molar-refractivity contribution in [2.24, 2.45) is 29.6 Å². The highest BCUT2D eigenvalue weighted by molar-refractivity contribution is 7.91. The second kappa shape index (κ2) is 7.01. The van der Waals surface area contributed by atoms with E-state index in [0.29, 0.717) is 11.8 Å². The molecule has 0 spiro atoms. The van der Waals surface area contributed by atoms with Gasteiger partial charge < -0.3 is 9.79 Å². The van der Waals surface area contributed by atoms with Gasteiger partial charge in [0.25, 0.3) is 0 Å². The summed E-state index contributed by atoms with van der Waals surface area (Å²) in [5.74, 6) is 2.38. The first kappa shape index (κ1) is 20.0. The highest BCUT2D eigenvalue weighted by Gasteiger charge is 2.49. The zero-order valence-electron chi connectivity index (χ0n) is 14.2. The lowest BCUT2D eigenvalue weighted by Gasteiger charge is -2.54. The van der Waals surface area contributed by atoms with Crippen LogP contribution in [0, 0.1) is 29.6 Å². The van der Waals surface area contributed by atoms with Crippen molar-refractivity contribution in [1.82, 2.24) is 0 Å². The summed E-state index contributed by atoms with van der Waals surface area (Å²) in [4.78, 5) is 18.3. The number of rotatable bonds is 8. The van der Waals surface area contributed by atoms with E-state index in [1.807, 2.05) is 0 Å². The van der Waals surface area contributed by atoms with E-state index in [2.05, 4.69) is 8.83 Å². The Bertz CT molecular complexity index is 672. The molecule has 2 N–H and O–H groups in total. The van der Waals surface area contributed by atoms with Crippen molar-refractivity contribution in [1.29, 1.82) is 0 Å². The van der Waals surface area contributed by atoms with E-state index in [1.165, 1.54) is 6.42 Å². The maximum absolute atomic E-state index is 12.4. The van der Waals surface area contributed by atoms with Gasteiger partial charge in [-0.1, -0.05) is 0 Å². The molecule has 4 aliphatic carbocycles. The molecular formula is C14H26O8P2S. The predicted octanol–water partition coefficient (Wildman–Crippen LogP) is 2.42. The Morgan fingerprint density at radius 2 is 1.52 bits per heavy atom. The lowest BCUT2D eigenvalue weighted by atomic mass is 9.52. The minimum Gasteiger partial charge on any atom is -0.324 e. The molecule has 4 aliphatic rings. The van der Waals surface area contributed by atoms with Crippen LogP contribution in [0.2, 0.25) is 0 Å². The Labute approximate surface area is 148 Å². The Morgan fingerprint density at radius 3 is 2.00 bits per heavy atom. The van der Waals surface area contributed by atoms with Gasteiger partial charge in [0.05, 0.1) is 18.1 Å². The lowest BCUT2D eigenvalue weighted by molar-refractivity contribution is -0.0268. The van der Waals surface area contributed by atoms with Gasteiger partial charge in [0.15, 0.2) is 9.84 Å². The summed E-state index contributed by atoms with van der Waals surface area (Å²) in [6.45, 7) is 0.214. The fraction of sp³-hybridized carbons (Fsp3) is 1.00. The second-order valence-corrected chi connectivity index (χ2v) is 13.6. The molecule has 0 aromatic rings. The van der Waals surface area contributed by atoms with Crippen LogP contribution in [0.4, 0.5) is 0 Å². The predicted molar refractivity (Wildman–Crippen MR) is 91.8 cm³/mol. The summed E-state index contributed by atoms with van der Waals surface area (Å²) in [7, 11) is -12.4. The Kier molecular flexibility index (Phi) is 5.61. The minimum atomic E-state index is -4.74. The molecule has 4 bridgehead atoms. The van der Waals surface area contributed by atoms with Gasteiger partial charge >= 0.3 is 15.4 Å². The van der Waals surface area contributed by atoms with Crippen LogP contribution in [-0.4, -0.2) is 43.0 Å². The van der Waals surface area contributed by atoms with E-state index in [1.54, 1.807) is 0 Å². The third kappa shape index (κ3) is 5.38. The summed E-state index contributed by atoms with van der Waals surface area (Å²) >= 11 is 0. The molecule has 2 atom stereocenters. The van der Waals surface area contributed by atoms with Crippen molar-refractivity contribution in [3.63, 3.8) is 0 Å². The highest BCUT2D eigenvalue weighted by atomic mass is 32.2. The summed E-state index contributed by atoms with van der Waals surface area (Å²) in [6, 6.07) is 0. The van der Waals surface area contributed by atoms with Crippen molar-refractivity contribution in [3.05, 3.63) is 0 Å². The first-order chi connectivity index (χ1) is 11.4. The number of hydrogen-bond acceptors (Lipinski definition) is 6. The maximum atomic E-state index is 12.4. The number of sulfone groups is 1. The highest BCUT2D eigenvalue weighted by Crippen LogP contribution is 2.58. The van der Waals surface area contributed by atoms with E-state index < -0.39 is 37.6 Å². The molecule has 0 heterocycles. The fourth-order valence-electron chi connectivity index (χ4n) is 5.18. The summed E-state index contributed by atoms with van der Waals surface area (Å²) < 4.78 is 55.9. The zero-order valence-corrected chi connectivity index (χ0v) is 16.8. The third-order valence-corrected chi connectivity index (χ3v) is 10.00. The van der Waals surface area contributed by atoms with E-state index in [0.717, 1.165) is 44.2 Å². The van der Waals surface area contributed by atoms with E-state index in [4.69, 9.17) is 4.89 Å². The molecule has 0 amide bonds.